The molecule has 0 radical (unpaired) electrons. The smallest absolute Gasteiger partial charge is 0.119 e. The van der Waals surface area contributed by atoms with E-state index in [2.05, 4.69) is 24.0 Å². The van der Waals surface area contributed by atoms with Gasteiger partial charge in [-0.1, -0.05) is 25.1 Å². The highest BCUT2D eigenvalue weighted by molar-refractivity contribution is 5.27. The Morgan fingerprint density at radius 2 is 1.79 bits per heavy atom. The molecule has 1 aromatic heterocycles. The zero-order valence-corrected chi connectivity index (χ0v) is 14.6. The number of aromatic nitrogens is 1. The first-order valence-electron chi connectivity index (χ1n) is 8.63. The maximum Gasteiger partial charge on any atom is 0.119 e. The second-order valence-electron chi connectivity index (χ2n) is 5.72. The Morgan fingerprint density at radius 3 is 2.38 bits per heavy atom. The Hall–Kier alpha value is -1.91. The number of hydrogen-bond donors (Lipinski definition) is 1. The third-order valence-corrected chi connectivity index (χ3v) is 3.91. The van der Waals surface area contributed by atoms with Crippen LogP contribution in [0.3, 0.4) is 0 Å². The van der Waals surface area contributed by atoms with Crippen molar-refractivity contribution in [3.8, 4) is 5.75 Å². The van der Waals surface area contributed by atoms with Crippen LogP contribution >= 0.6 is 0 Å². The second kappa shape index (κ2) is 10.1. The van der Waals surface area contributed by atoms with Crippen LogP contribution in [0.2, 0.25) is 0 Å². The highest BCUT2D eigenvalue weighted by atomic mass is 16.5. The van der Waals surface area contributed by atoms with E-state index in [1.807, 2.05) is 37.4 Å². The van der Waals surface area contributed by atoms with E-state index in [0.717, 1.165) is 29.8 Å². The molecule has 0 aliphatic rings. The monoisotopic (exact) mass is 329 g/mol. The van der Waals surface area contributed by atoms with E-state index < -0.39 is 0 Å². The zero-order valence-electron chi connectivity index (χ0n) is 14.6. The van der Waals surface area contributed by atoms with E-state index >= 15 is 0 Å². The first-order valence-corrected chi connectivity index (χ1v) is 8.63. The van der Waals surface area contributed by atoms with Crippen LogP contribution in [0, 0.1) is 0 Å². The molecule has 0 saturated carbocycles. The standard InChI is InChI=1S/C20H27NO3/c1-3-16-5-8-18(21-14-16)11-12-24-19-9-6-17(7-10-19)13-20(15-22)23-4-2/h5-10,14,20,22H,3-4,11-13,15H2,1-2H3/t20-/m0/s1. The van der Waals surface area contributed by atoms with Gasteiger partial charge in [-0.25, -0.2) is 0 Å². The summed E-state index contributed by atoms with van der Waals surface area (Å²) in [5.74, 6) is 0.848. The van der Waals surface area contributed by atoms with Crippen LogP contribution < -0.4 is 4.74 Å². The first-order chi connectivity index (χ1) is 11.7. The molecule has 0 amide bonds. The topological polar surface area (TPSA) is 51.6 Å². The summed E-state index contributed by atoms with van der Waals surface area (Å²) in [6, 6.07) is 12.1. The maximum atomic E-state index is 9.27. The molecular weight excluding hydrogens is 302 g/mol. The molecule has 2 aromatic rings. The molecule has 1 atom stereocenters. The average molecular weight is 329 g/mol. The van der Waals surface area contributed by atoms with Crippen molar-refractivity contribution in [1.29, 1.82) is 0 Å². The molecule has 1 heterocycles. The molecule has 0 unspecified atom stereocenters. The van der Waals surface area contributed by atoms with E-state index in [0.29, 0.717) is 19.6 Å². The highest BCUT2D eigenvalue weighted by Crippen LogP contribution is 2.15. The molecule has 0 fully saturated rings. The number of ether oxygens (including phenoxy) is 2. The lowest BCUT2D eigenvalue weighted by Crippen LogP contribution is -2.20. The minimum absolute atomic E-state index is 0.0376. The molecule has 0 aliphatic heterocycles. The van der Waals surface area contributed by atoms with E-state index in [-0.39, 0.29) is 12.7 Å². The molecular formula is C20H27NO3. The Bertz CT molecular complexity index is 581. The predicted molar refractivity (Wildman–Crippen MR) is 95.5 cm³/mol. The van der Waals surface area contributed by atoms with E-state index in [1.165, 1.54) is 5.56 Å². The Labute approximate surface area is 144 Å². The van der Waals surface area contributed by atoms with Gasteiger partial charge in [0.1, 0.15) is 5.75 Å². The third kappa shape index (κ3) is 5.95. The molecule has 0 aliphatic carbocycles. The number of hydrogen-bond acceptors (Lipinski definition) is 4. The summed E-state index contributed by atoms with van der Waals surface area (Å²) in [5, 5.41) is 9.27. The summed E-state index contributed by atoms with van der Waals surface area (Å²) in [7, 11) is 0. The van der Waals surface area contributed by atoms with Crippen LogP contribution in [0.1, 0.15) is 30.7 Å². The second-order valence-corrected chi connectivity index (χ2v) is 5.72. The van der Waals surface area contributed by atoms with E-state index in [9.17, 15) is 5.11 Å². The number of aryl methyl sites for hydroxylation is 1. The van der Waals surface area contributed by atoms with Crippen molar-refractivity contribution in [3.63, 3.8) is 0 Å². The fourth-order valence-electron chi connectivity index (χ4n) is 2.48. The molecule has 1 N–H and O–H groups in total. The van der Waals surface area contributed by atoms with Crippen molar-refractivity contribution in [2.24, 2.45) is 0 Å². The van der Waals surface area contributed by atoms with Crippen molar-refractivity contribution >= 4 is 0 Å². The molecule has 0 saturated heterocycles. The molecule has 24 heavy (non-hydrogen) atoms. The van der Waals surface area contributed by atoms with Gasteiger partial charge < -0.3 is 14.6 Å². The van der Waals surface area contributed by atoms with Gasteiger partial charge in [-0.05, 0) is 42.7 Å². The van der Waals surface area contributed by atoms with Gasteiger partial charge in [-0.2, -0.15) is 0 Å². The van der Waals surface area contributed by atoms with E-state index in [1.54, 1.807) is 0 Å². The van der Waals surface area contributed by atoms with Crippen molar-refractivity contribution < 1.29 is 14.6 Å². The Kier molecular flexibility index (Phi) is 7.72. The summed E-state index contributed by atoms with van der Waals surface area (Å²) in [6.45, 7) is 5.32. The van der Waals surface area contributed by atoms with Crippen LogP contribution in [0.4, 0.5) is 0 Å². The van der Waals surface area contributed by atoms with Gasteiger partial charge in [0.15, 0.2) is 0 Å². The largest absolute Gasteiger partial charge is 0.493 e. The molecule has 1 aromatic carbocycles. The quantitative estimate of drug-likeness (QED) is 0.727. The molecule has 4 nitrogen and oxygen atoms in total. The minimum atomic E-state index is -0.140. The Balaban J connectivity index is 1.78. The molecule has 2 rings (SSSR count). The van der Waals surface area contributed by atoms with Crippen molar-refractivity contribution in [2.45, 2.75) is 39.2 Å². The van der Waals surface area contributed by atoms with Gasteiger partial charge in [0.25, 0.3) is 0 Å². The number of aliphatic hydroxyl groups excluding tert-OH is 1. The fourth-order valence-corrected chi connectivity index (χ4v) is 2.48. The number of aliphatic hydroxyl groups is 1. The van der Waals surface area contributed by atoms with Gasteiger partial charge in [0, 0.05) is 31.3 Å². The molecule has 0 spiro atoms. The number of nitrogens with zero attached hydrogens (tertiary/aromatic N) is 1. The summed E-state index contributed by atoms with van der Waals surface area (Å²) in [5.41, 5.74) is 3.43. The lowest BCUT2D eigenvalue weighted by atomic mass is 10.1. The van der Waals surface area contributed by atoms with Gasteiger partial charge in [0.05, 0.1) is 19.3 Å². The summed E-state index contributed by atoms with van der Waals surface area (Å²) in [4.78, 5) is 4.44. The molecule has 130 valence electrons. The Morgan fingerprint density at radius 1 is 1.04 bits per heavy atom. The highest BCUT2D eigenvalue weighted by Gasteiger charge is 2.08. The lowest BCUT2D eigenvalue weighted by molar-refractivity contribution is 0.0207. The van der Waals surface area contributed by atoms with Crippen LogP contribution in [-0.2, 0) is 24.0 Å². The number of benzene rings is 1. The lowest BCUT2D eigenvalue weighted by Gasteiger charge is -2.14. The zero-order chi connectivity index (χ0) is 17.2. The summed E-state index contributed by atoms with van der Waals surface area (Å²) < 4.78 is 11.2. The SMILES string of the molecule is CCO[C@H](CO)Cc1ccc(OCCc2ccc(CC)cn2)cc1. The minimum Gasteiger partial charge on any atom is -0.493 e. The van der Waals surface area contributed by atoms with Crippen molar-refractivity contribution in [1.82, 2.24) is 4.98 Å². The van der Waals surface area contributed by atoms with Crippen LogP contribution in [0.25, 0.3) is 0 Å². The predicted octanol–water partition coefficient (Wildman–Crippen LogP) is 3.21. The van der Waals surface area contributed by atoms with Crippen molar-refractivity contribution in [3.05, 3.63) is 59.4 Å². The van der Waals surface area contributed by atoms with Crippen LogP contribution in [0.15, 0.2) is 42.6 Å². The molecule has 0 bridgehead atoms. The first kappa shape index (κ1) is 18.4. The fraction of sp³-hybridized carbons (Fsp3) is 0.450. The van der Waals surface area contributed by atoms with E-state index in [4.69, 9.17) is 9.47 Å². The third-order valence-electron chi connectivity index (χ3n) is 3.91. The number of pyridine rings is 1. The molecule has 4 heteroatoms. The normalized spacial score (nSPS) is 12.1. The van der Waals surface area contributed by atoms with Gasteiger partial charge >= 0.3 is 0 Å². The summed E-state index contributed by atoms with van der Waals surface area (Å²) >= 11 is 0. The summed E-state index contributed by atoms with van der Waals surface area (Å²) in [6.07, 6.45) is 4.30. The van der Waals surface area contributed by atoms with Gasteiger partial charge in [-0.3, -0.25) is 4.98 Å². The van der Waals surface area contributed by atoms with Gasteiger partial charge in [-0.15, -0.1) is 0 Å². The number of rotatable bonds is 10. The average Bonchev–Trinajstić information content (AvgIpc) is 2.63. The van der Waals surface area contributed by atoms with Crippen LogP contribution in [0.5, 0.6) is 5.75 Å². The van der Waals surface area contributed by atoms with Gasteiger partial charge in [0.2, 0.25) is 0 Å². The van der Waals surface area contributed by atoms with Crippen molar-refractivity contribution in [2.75, 3.05) is 19.8 Å². The van der Waals surface area contributed by atoms with Crippen LogP contribution in [-0.4, -0.2) is 36.0 Å². The maximum absolute atomic E-state index is 9.27.